The van der Waals surface area contributed by atoms with E-state index < -0.39 is 0 Å². The highest BCUT2D eigenvalue weighted by molar-refractivity contribution is 5.89. The van der Waals surface area contributed by atoms with Crippen molar-refractivity contribution in [1.29, 1.82) is 0 Å². The predicted octanol–water partition coefficient (Wildman–Crippen LogP) is 2.91. The van der Waals surface area contributed by atoms with Gasteiger partial charge in [0.1, 0.15) is 5.82 Å². The van der Waals surface area contributed by atoms with Gasteiger partial charge in [0, 0.05) is 30.2 Å². The molecule has 25 heavy (non-hydrogen) atoms. The zero-order chi connectivity index (χ0) is 17.6. The number of aromatic nitrogens is 1. The lowest BCUT2D eigenvalue weighted by Crippen LogP contribution is -2.36. The Labute approximate surface area is 145 Å². The fraction of sp³-hybridized carbons (Fsp3) is 0.250. The molecule has 0 radical (unpaired) electrons. The summed E-state index contributed by atoms with van der Waals surface area (Å²) in [6.07, 6.45) is 2.71. The van der Waals surface area contributed by atoms with E-state index in [2.05, 4.69) is 4.98 Å². The molecule has 130 valence electrons. The molecule has 0 saturated heterocycles. The van der Waals surface area contributed by atoms with Gasteiger partial charge in [0.15, 0.2) is 0 Å². The molecule has 4 nitrogen and oxygen atoms in total. The Bertz CT molecular complexity index is 845. The number of benzene rings is 2. The number of halogens is 1. The minimum Gasteiger partial charge on any atom is -0.395 e. The van der Waals surface area contributed by atoms with E-state index in [-0.39, 0.29) is 24.8 Å². The van der Waals surface area contributed by atoms with Crippen molar-refractivity contribution in [3.05, 3.63) is 71.7 Å². The number of fused-ring (bicyclic) bond motifs is 1. The molecule has 2 N–H and O–H groups in total. The van der Waals surface area contributed by atoms with E-state index in [1.165, 1.54) is 12.1 Å². The molecule has 0 fully saturated rings. The molecule has 0 spiro atoms. The number of carbonyl (C=O) groups is 1. The van der Waals surface area contributed by atoms with Crippen molar-refractivity contribution in [2.75, 3.05) is 19.7 Å². The fourth-order valence-corrected chi connectivity index (χ4v) is 2.97. The Balaban J connectivity index is 1.69. The topological polar surface area (TPSA) is 56.3 Å². The number of nitrogens with one attached hydrogen (secondary N) is 1. The van der Waals surface area contributed by atoms with E-state index in [4.69, 9.17) is 0 Å². The van der Waals surface area contributed by atoms with Crippen molar-refractivity contribution in [2.45, 2.75) is 12.8 Å². The standard InChI is InChI=1S/C20H21FN2O2/c21-17-6-7-18-16(14-22-19(18)13-17)12-20(25)23(10-11-24)9-8-15-4-2-1-3-5-15/h1-7,13-14,22,24H,8-12H2. The third-order valence-electron chi connectivity index (χ3n) is 4.31. The summed E-state index contributed by atoms with van der Waals surface area (Å²) in [4.78, 5) is 17.3. The van der Waals surface area contributed by atoms with Gasteiger partial charge < -0.3 is 15.0 Å². The van der Waals surface area contributed by atoms with Gasteiger partial charge in [-0.2, -0.15) is 0 Å². The third kappa shape index (κ3) is 4.25. The predicted molar refractivity (Wildman–Crippen MR) is 95.8 cm³/mol. The number of hydrogen-bond acceptors (Lipinski definition) is 2. The van der Waals surface area contributed by atoms with Crippen molar-refractivity contribution in [3.63, 3.8) is 0 Å². The molecule has 1 amide bonds. The number of aliphatic hydroxyl groups excluding tert-OH is 1. The van der Waals surface area contributed by atoms with Crippen molar-refractivity contribution in [2.24, 2.45) is 0 Å². The maximum atomic E-state index is 13.3. The number of H-pyrrole nitrogens is 1. The zero-order valence-corrected chi connectivity index (χ0v) is 13.9. The molecular weight excluding hydrogens is 319 g/mol. The average Bonchev–Trinajstić information content (AvgIpc) is 3.01. The Hall–Kier alpha value is -2.66. The summed E-state index contributed by atoms with van der Waals surface area (Å²) in [5.74, 6) is -0.354. The average molecular weight is 340 g/mol. The summed E-state index contributed by atoms with van der Waals surface area (Å²) >= 11 is 0. The highest BCUT2D eigenvalue weighted by Crippen LogP contribution is 2.20. The van der Waals surface area contributed by atoms with Gasteiger partial charge in [-0.15, -0.1) is 0 Å². The lowest BCUT2D eigenvalue weighted by Gasteiger charge is -2.22. The van der Waals surface area contributed by atoms with E-state index in [0.29, 0.717) is 18.6 Å². The first-order valence-corrected chi connectivity index (χ1v) is 8.35. The van der Waals surface area contributed by atoms with Crippen LogP contribution in [0.4, 0.5) is 4.39 Å². The molecule has 0 saturated carbocycles. The summed E-state index contributed by atoms with van der Waals surface area (Å²) in [6, 6.07) is 14.4. The second-order valence-corrected chi connectivity index (χ2v) is 6.02. The monoisotopic (exact) mass is 340 g/mol. The minimum atomic E-state index is -0.308. The summed E-state index contributed by atoms with van der Waals surface area (Å²) < 4.78 is 13.3. The number of aromatic amines is 1. The van der Waals surface area contributed by atoms with Gasteiger partial charge in [0.2, 0.25) is 5.91 Å². The number of rotatable bonds is 7. The molecule has 2 aromatic carbocycles. The van der Waals surface area contributed by atoms with Gasteiger partial charge in [0.25, 0.3) is 0 Å². The van der Waals surface area contributed by atoms with Crippen LogP contribution >= 0.6 is 0 Å². The summed E-state index contributed by atoms with van der Waals surface area (Å²) in [7, 11) is 0. The molecule has 1 heterocycles. The highest BCUT2D eigenvalue weighted by atomic mass is 19.1. The molecule has 0 aliphatic carbocycles. The largest absolute Gasteiger partial charge is 0.395 e. The molecule has 0 aliphatic heterocycles. The Morgan fingerprint density at radius 3 is 2.68 bits per heavy atom. The minimum absolute atomic E-state index is 0.0461. The van der Waals surface area contributed by atoms with Crippen LogP contribution in [-0.4, -0.2) is 40.6 Å². The Morgan fingerprint density at radius 2 is 1.92 bits per heavy atom. The van der Waals surface area contributed by atoms with Crippen molar-refractivity contribution < 1.29 is 14.3 Å². The van der Waals surface area contributed by atoms with E-state index in [1.54, 1.807) is 17.2 Å². The van der Waals surface area contributed by atoms with Crippen LogP contribution < -0.4 is 0 Å². The first-order chi connectivity index (χ1) is 12.2. The maximum Gasteiger partial charge on any atom is 0.227 e. The molecule has 0 unspecified atom stereocenters. The van der Waals surface area contributed by atoms with E-state index >= 15 is 0 Å². The van der Waals surface area contributed by atoms with Crippen molar-refractivity contribution in [3.8, 4) is 0 Å². The van der Waals surface area contributed by atoms with E-state index in [1.807, 2.05) is 30.3 Å². The number of aliphatic hydroxyl groups is 1. The van der Waals surface area contributed by atoms with Crippen LogP contribution in [0, 0.1) is 5.82 Å². The normalized spacial score (nSPS) is 11.0. The zero-order valence-electron chi connectivity index (χ0n) is 13.9. The van der Waals surface area contributed by atoms with Gasteiger partial charge in [-0.3, -0.25) is 4.79 Å². The van der Waals surface area contributed by atoms with Crippen molar-refractivity contribution in [1.82, 2.24) is 9.88 Å². The van der Waals surface area contributed by atoms with Gasteiger partial charge in [-0.1, -0.05) is 30.3 Å². The van der Waals surface area contributed by atoms with Crippen LogP contribution in [0.15, 0.2) is 54.7 Å². The summed E-state index contributed by atoms with van der Waals surface area (Å²) in [5.41, 5.74) is 2.67. The second kappa shape index (κ2) is 7.94. The molecule has 0 aliphatic rings. The highest BCUT2D eigenvalue weighted by Gasteiger charge is 2.16. The van der Waals surface area contributed by atoms with Crippen LogP contribution in [0.2, 0.25) is 0 Å². The second-order valence-electron chi connectivity index (χ2n) is 6.02. The van der Waals surface area contributed by atoms with Gasteiger partial charge in [0.05, 0.1) is 13.0 Å². The molecule has 1 aromatic heterocycles. The third-order valence-corrected chi connectivity index (χ3v) is 4.31. The molecular formula is C20H21FN2O2. The Kier molecular flexibility index (Phi) is 5.46. The molecule has 0 atom stereocenters. The van der Waals surface area contributed by atoms with Crippen molar-refractivity contribution >= 4 is 16.8 Å². The number of hydrogen-bond donors (Lipinski definition) is 2. The number of carbonyl (C=O) groups excluding carboxylic acids is 1. The lowest BCUT2D eigenvalue weighted by molar-refractivity contribution is -0.130. The fourth-order valence-electron chi connectivity index (χ4n) is 2.97. The van der Waals surface area contributed by atoms with Gasteiger partial charge >= 0.3 is 0 Å². The van der Waals surface area contributed by atoms with Crippen LogP contribution in [0.5, 0.6) is 0 Å². The lowest BCUT2D eigenvalue weighted by atomic mass is 10.1. The number of amides is 1. The van der Waals surface area contributed by atoms with E-state index in [9.17, 15) is 14.3 Å². The van der Waals surface area contributed by atoms with Crippen LogP contribution in [0.3, 0.4) is 0 Å². The van der Waals surface area contributed by atoms with Gasteiger partial charge in [-0.05, 0) is 35.7 Å². The van der Waals surface area contributed by atoms with E-state index in [0.717, 1.165) is 22.9 Å². The quantitative estimate of drug-likeness (QED) is 0.695. The molecule has 3 aromatic rings. The SMILES string of the molecule is O=C(Cc1c[nH]c2cc(F)ccc12)N(CCO)CCc1ccccc1. The van der Waals surface area contributed by atoms with Crippen LogP contribution in [0.25, 0.3) is 10.9 Å². The number of nitrogens with zero attached hydrogens (tertiary/aromatic N) is 1. The molecule has 5 heteroatoms. The maximum absolute atomic E-state index is 13.3. The summed E-state index contributed by atoms with van der Waals surface area (Å²) in [5, 5.41) is 10.1. The first-order valence-electron chi connectivity index (χ1n) is 8.35. The summed E-state index contributed by atoms with van der Waals surface area (Å²) in [6.45, 7) is 0.794. The van der Waals surface area contributed by atoms with Crippen LogP contribution in [0.1, 0.15) is 11.1 Å². The van der Waals surface area contributed by atoms with Gasteiger partial charge in [-0.25, -0.2) is 4.39 Å². The van der Waals surface area contributed by atoms with Crippen LogP contribution in [-0.2, 0) is 17.6 Å². The smallest absolute Gasteiger partial charge is 0.227 e. The first kappa shape index (κ1) is 17.2. The molecule has 3 rings (SSSR count). The molecule has 0 bridgehead atoms. The Morgan fingerprint density at radius 1 is 1.12 bits per heavy atom.